The first-order valence-electron chi connectivity index (χ1n) is 9.60. The van der Waals surface area contributed by atoms with Crippen LogP contribution in [-0.4, -0.2) is 27.4 Å². The number of phenolic OH excluding ortho intramolecular Hbond substituents is 1. The molecule has 1 amide bonds. The van der Waals surface area contributed by atoms with Crippen molar-refractivity contribution < 1.29 is 9.90 Å². The van der Waals surface area contributed by atoms with Crippen molar-refractivity contribution in [2.45, 2.75) is 0 Å². The molecule has 3 aromatic carbocycles. The molecular weight excluding hydrogens is 472 g/mol. The summed E-state index contributed by atoms with van der Waals surface area (Å²) >= 11 is 3.32. The van der Waals surface area contributed by atoms with E-state index < -0.39 is 11.5 Å². The molecule has 32 heavy (non-hydrogen) atoms. The van der Waals surface area contributed by atoms with Gasteiger partial charge in [0, 0.05) is 21.2 Å². The molecule has 0 aliphatic heterocycles. The van der Waals surface area contributed by atoms with Crippen LogP contribution in [0.3, 0.4) is 0 Å². The SMILES string of the molecule is O=C(N/N=C/c1cc(Br)ccc1O)c1c(-c2ccccc2)c(-c2ccccc2)n[nH]c1=O. The smallest absolute Gasteiger partial charge is 0.277 e. The molecule has 0 unspecified atom stereocenters. The van der Waals surface area contributed by atoms with Crippen LogP contribution in [0.4, 0.5) is 0 Å². The number of H-pyrrole nitrogens is 1. The van der Waals surface area contributed by atoms with Crippen molar-refractivity contribution in [3.63, 3.8) is 0 Å². The van der Waals surface area contributed by atoms with Crippen molar-refractivity contribution in [1.82, 2.24) is 15.6 Å². The minimum Gasteiger partial charge on any atom is -0.507 e. The first-order chi connectivity index (χ1) is 15.5. The molecule has 0 aliphatic rings. The van der Waals surface area contributed by atoms with Gasteiger partial charge in [-0.2, -0.15) is 10.2 Å². The molecule has 0 spiro atoms. The van der Waals surface area contributed by atoms with Crippen LogP contribution in [0.5, 0.6) is 5.75 Å². The van der Waals surface area contributed by atoms with E-state index in [4.69, 9.17) is 0 Å². The van der Waals surface area contributed by atoms with Gasteiger partial charge in [-0.25, -0.2) is 10.5 Å². The molecule has 0 radical (unpaired) electrons. The third-order valence-electron chi connectivity index (χ3n) is 4.68. The Morgan fingerprint density at radius 2 is 1.66 bits per heavy atom. The fourth-order valence-electron chi connectivity index (χ4n) is 3.20. The predicted octanol–water partition coefficient (Wildman–Crippen LogP) is 4.34. The number of carbonyl (C=O) groups is 1. The van der Waals surface area contributed by atoms with Gasteiger partial charge in [0.05, 0.1) is 11.9 Å². The first-order valence-corrected chi connectivity index (χ1v) is 10.4. The van der Waals surface area contributed by atoms with Crippen molar-refractivity contribution in [2.24, 2.45) is 5.10 Å². The number of phenols is 1. The lowest BCUT2D eigenvalue weighted by molar-refractivity contribution is 0.0954. The zero-order valence-electron chi connectivity index (χ0n) is 16.6. The Labute approximate surface area is 191 Å². The lowest BCUT2D eigenvalue weighted by Gasteiger charge is -2.12. The second-order valence-corrected chi connectivity index (χ2v) is 7.70. The van der Waals surface area contributed by atoms with Gasteiger partial charge in [0.1, 0.15) is 11.3 Å². The highest BCUT2D eigenvalue weighted by Crippen LogP contribution is 2.31. The molecule has 1 aromatic heterocycles. The average molecular weight is 489 g/mol. The third kappa shape index (κ3) is 4.50. The molecule has 7 nitrogen and oxygen atoms in total. The lowest BCUT2D eigenvalue weighted by atomic mass is 9.95. The standard InChI is InChI=1S/C24H17BrN4O3/c25-18-11-12-19(30)17(13-18)14-26-28-23(31)21-20(15-7-3-1-4-8-15)22(27-29-24(21)32)16-9-5-2-6-10-16/h1-14,30H,(H,28,31)(H,29,32)/b26-14+. The highest BCUT2D eigenvalue weighted by Gasteiger charge is 2.22. The zero-order valence-corrected chi connectivity index (χ0v) is 18.2. The van der Waals surface area contributed by atoms with E-state index in [1.54, 1.807) is 12.1 Å². The second kappa shape index (κ2) is 9.40. The highest BCUT2D eigenvalue weighted by atomic mass is 79.9. The summed E-state index contributed by atoms with van der Waals surface area (Å²) < 4.78 is 0.743. The maximum atomic E-state index is 13.0. The van der Waals surface area contributed by atoms with Crippen LogP contribution in [0.15, 0.2) is 93.2 Å². The molecule has 3 N–H and O–H groups in total. The predicted molar refractivity (Wildman–Crippen MR) is 127 cm³/mol. The van der Waals surface area contributed by atoms with Gasteiger partial charge in [-0.05, 0) is 23.8 Å². The molecule has 8 heteroatoms. The van der Waals surface area contributed by atoms with E-state index in [1.165, 1.54) is 12.3 Å². The number of rotatable bonds is 5. The highest BCUT2D eigenvalue weighted by molar-refractivity contribution is 9.10. The summed E-state index contributed by atoms with van der Waals surface area (Å²) in [6.07, 6.45) is 1.30. The molecule has 0 fully saturated rings. The quantitative estimate of drug-likeness (QED) is 0.287. The van der Waals surface area contributed by atoms with Gasteiger partial charge in [0.15, 0.2) is 0 Å². The number of amides is 1. The Morgan fingerprint density at radius 3 is 2.34 bits per heavy atom. The van der Waals surface area contributed by atoms with E-state index in [9.17, 15) is 14.7 Å². The van der Waals surface area contributed by atoms with Gasteiger partial charge >= 0.3 is 0 Å². The second-order valence-electron chi connectivity index (χ2n) is 6.79. The summed E-state index contributed by atoms with van der Waals surface area (Å²) in [5, 5.41) is 20.5. The van der Waals surface area contributed by atoms with Gasteiger partial charge in [-0.1, -0.05) is 76.6 Å². The average Bonchev–Trinajstić information content (AvgIpc) is 2.82. The van der Waals surface area contributed by atoms with E-state index in [2.05, 4.69) is 36.7 Å². The molecule has 0 saturated heterocycles. The van der Waals surface area contributed by atoms with Gasteiger partial charge in [0.2, 0.25) is 0 Å². The summed E-state index contributed by atoms with van der Waals surface area (Å²) in [5.74, 6) is -0.695. The van der Waals surface area contributed by atoms with Crippen molar-refractivity contribution >= 4 is 28.1 Å². The molecule has 4 aromatic rings. The summed E-state index contributed by atoms with van der Waals surface area (Å²) in [6.45, 7) is 0. The number of hydrogen-bond donors (Lipinski definition) is 3. The number of aromatic amines is 1. The van der Waals surface area contributed by atoms with Crippen LogP contribution in [0.2, 0.25) is 0 Å². The van der Waals surface area contributed by atoms with Crippen LogP contribution in [0, 0.1) is 0 Å². The van der Waals surface area contributed by atoms with Crippen molar-refractivity contribution in [3.8, 4) is 28.1 Å². The maximum absolute atomic E-state index is 13.0. The largest absolute Gasteiger partial charge is 0.507 e. The number of halogens is 1. The van der Waals surface area contributed by atoms with E-state index in [0.717, 1.165) is 10.0 Å². The number of aromatic hydroxyl groups is 1. The normalized spacial score (nSPS) is 10.9. The van der Waals surface area contributed by atoms with Crippen molar-refractivity contribution in [3.05, 3.63) is 105 Å². The molecular formula is C24H17BrN4O3. The summed E-state index contributed by atoms with van der Waals surface area (Å²) in [6, 6.07) is 23.2. The minimum atomic E-state index is -0.699. The van der Waals surface area contributed by atoms with E-state index in [1.807, 2.05) is 60.7 Å². The Kier molecular flexibility index (Phi) is 6.23. The van der Waals surface area contributed by atoms with Crippen LogP contribution in [0.1, 0.15) is 15.9 Å². The Hall–Kier alpha value is -4.04. The molecule has 0 saturated carbocycles. The van der Waals surface area contributed by atoms with E-state index >= 15 is 0 Å². The Morgan fingerprint density at radius 1 is 1.00 bits per heavy atom. The fraction of sp³-hybridized carbons (Fsp3) is 0. The van der Waals surface area contributed by atoms with Crippen molar-refractivity contribution in [1.29, 1.82) is 0 Å². The molecule has 0 aliphatic carbocycles. The van der Waals surface area contributed by atoms with Crippen LogP contribution in [-0.2, 0) is 0 Å². The maximum Gasteiger partial charge on any atom is 0.277 e. The van der Waals surface area contributed by atoms with Gasteiger partial charge in [-0.15, -0.1) is 0 Å². The lowest BCUT2D eigenvalue weighted by Crippen LogP contribution is -2.28. The Balaban J connectivity index is 1.78. The molecule has 158 valence electrons. The monoisotopic (exact) mass is 488 g/mol. The zero-order chi connectivity index (χ0) is 22.5. The number of aromatic nitrogens is 2. The molecule has 1 heterocycles. The van der Waals surface area contributed by atoms with Gasteiger partial charge < -0.3 is 5.11 Å². The summed E-state index contributed by atoms with van der Waals surface area (Å²) in [7, 11) is 0. The third-order valence-corrected chi connectivity index (χ3v) is 5.17. The molecule has 0 atom stereocenters. The molecule has 4 rings (SSSR count). The summed E-state index contributed by atoms with van der Waals surface area (Å²) in [5.41, 5.74) is 4.32. The number of hydrazone groups is 1. The van der Waals surface area contributed by atoms with Gasteiger partial charge in [0.25, 0.3) is 11.5 Å². The van der Waals surface area contributed by atoms with E-state index in [0.29, 0.717) is 22.4 Å². The van der Waals surface area contributed by atoms with Crippen LogP contribution in [0.25, 0.3) is 22.4 Å². The topological polar surface area (TPSA) is 107 Å². The minimum absolute atomic E-state index is 0.00398. The number of benzene rings is 3. The van der Waals surface area contributed by atoms with Gasteiger partial charge in [-0.3, -0.25) is 9.59 Å². The Bertz CT molecular complexity index is 1350. The molecule has 0 bridgehead atoms. The number of nitrogens with one attached hydrogen (secondary N) is 2. The van der Waals surface area contributed by atoms with Crippen LogP contribution < -0.4 is 11.0 Å². The summed E-state index contributed by atoms with van der Waals surface area (Å²) in [4.78, 5) is 25.7. The van der Waals surface area contributed by atoms with Crippen molar-refractivity contribution in [2.75, 3.05) is 0 Å². The van der Waals surface area contributed by atoms with Crippen LogP contribution >= 0.6 is 15.9 Å². The van der Waals surface area contributed by atoms with E-state index in [-0.39, 0.29) is 11.3 Å². The number of hydrogen-bond acceptors (Lipinski definition) is 5. The number of nitrogens with zero attached hydrogens (tertiary/aromatic N) is 2. The first kappa shape index (κ1) is 21.2. The fourth-order valence-corrected chi connectivity index (χ4v) is 3.58. The number of carbonyl (C=O) groups excluding carboxylic acids is 1.